The van der Waals surface area contributed by atoms with Crippen molar-refractivity contribution in [2.24, 2.45) is 7.05 Å². The number of nitrogens with one attached hydrogen (secondary N) is 1. The van der Waals surface area contributed by atoms with Gasteiger partial charge in [0.2, 0.25) is 0 Å². The van der Waals surface area contributed by atoms with Gasteiger partial charge in [-0.1, -0.05) is 18.2 Å². The van der Waals surface area contributed by atoms with Crippen LogP contribution in [0.2, 0.25) is 0 Å². The molecule has 1 unspecified atom stereocenters. The smallest absolute Gasteiger partial charge is 0.268 e. The Morgan fingerprint density at radius 2 is 2.13 bits per heavy atom. The maximum atomic E-state index is 13.0. The number of carbonyl (C=O) groups is 1. The van der Waals surface area contributed by atoms with Crippen LogP contribution in [0.25, 0.3) is 0 Å². The molecule has 1 amide bonds. The van der Waals surface area contributed by atoms with E-state index in [1.165, 1.54) is 5.69 Å². The fourth-order valence-electron chi connectivity index (χ4n) is 4.04. The molecule has 0 aliphatic carbocycles. The summed E-state index contributed by atoms with van der Waals surface area (Å²) in [7, 11) is 1.95. The van der Waals surface area contributed by atoms with Crippen LogP contribution in [0.4, 0.5) is 0 Å². The number of hydrogen-bond donors (Lipinski definition) is 1. The van der Waals surface area contributed by atoms with E-state index in [4.69, 9.17) is 4.74 Å². The second kappa shape index (κ2) is 7.85. The van der Waals surface area contributed by atoms with Gasteiger partial charge in [0, 0.05) is 30.4 Å². The third-order valence-corrected chi connectivity index (χ3v) is 7.05. The van der Waals surface area contributed by atoms with Crippen LogP contribution in [-0.4, -0.2) is 43.8 Å². The summed E-state index contributed by atoms with van der Waals surface area (Å²) in [6, 6.07) is 12.0. The minimum atomic E-state index is -0.0582. The third kappa shape index (κ3) is 3.61. The van der Waals surface area contributed by atoms with E-state index < -0.39 is 0 Å². The molecule has 0 saturated heterocycles. The monoisotopic (exact) mass is 423 g/mol. The number of carbonyl (C=O) groups excluding carboxylic acids is 1. The molecule has 0 fully saturated rings. The average molecular weight is 424 g/mol. The Morgan fingerprint density at radius 1 is 1.27 bits per heavy atom. The molecule has 2 aromatic heterocycles. The maximum absolute atomic E-state index is 13.0. The van der Waals surface area contributed by atoms with Crippen molar-refractivity contribution in [3.05, 3.63) is 65.2 Å². The molecule has 8 heteroatoms. The zero-order valence-corrected chi connectivity index (χ0v) is 18.0. The van der Waals surface area contributed by atoms with Crippen LogP contribution in [0.5, 0.6) is 5.75 Å². The van der Waals surface area contributed by atoms with E-state index >= 15 is 0 Å². The predicted molar refractivity (Wildman–Crippen MR) is 116 cm³/mol. The summed E-state index contributed by atoms with van der Waals surface area (Å²) in [5.41, 5.74) is 4.13. The fourth-order valence-corrected chi connectivity index (χ4v) is 5.12. The minimum absolute atomic E-state index is 0.0268. The number of hydrogen-bond acceptors (Lipinski definition) is 5. The lowest BCUT2D eigenvalue weighted by Gasteiger charge is -2.26. The predicted octanol–water partition coefficient (Wildman–Crippen LogP) is 2.79. The zero-order valence-electron chi connectivity index (χ0n) is 17.2. The number of amides is 1. The highest BCUT2D eigenvalue weighted by Gasteiger charge is 2.25. The summed E-state index contributed by atoms with van der Waals surface area (Å²) in [6.45, 7) is 5.22. The highest BCUT2D eigenvalue weighted by Crippen LogP contribution is 2.31. The Kier molecular flexibility index (Phi) is 5.04. The Morgan fingerprint density at radius 3 is 3.03 bits per heavy atom. The first-order valence-electron chi connectivity index (χ1n) is 10.2. The van der Waals surface area contributed by atoms with Crippen molar-refractivity contribution in [3.63, 3.8) is 0 Å². The van der Waals surface area contributed by atoms with Crippen molar-refractivity contribution in [1.82, 2.24) is 24.0 Å². The van der Waals surface area contributed by atoms with E-state index in [0.717, 1.165) is 48.0 Å². The molecule has 30 heavy (non-hydrogen) atoms. The molecule has 4 heterocycles. The van der Waals surface area contributed by atoms with E-state index in [0.29, 0.717) is 12.3 Å². The van der Waals surface area contributed by atoms with Crippen LogP contribution in [0, 0.1) is 6.92 Å². The van der Waals surface area contributed by atoms with Crippen LogP contribution in [0.15, 0.2) is 47.5 Å². The molecule has 2 aliphatic heterocycles. The van der Waals surface area contributed by atoms with Crippen molar-refractivity contribution >= 4 is 17.9 Å². The standard InChI is InChI=1S/C22H25N5O2S/c1-15-21(30-26-9-10-27-18(13-26)7-8-23-27)12-19(25(15)2)22(28)24-17-11-16-5-3-4-6-20(16)29-14-17/h3-8,12,17H,9-11,13-14H2,1-2H3,(H,24,28). The molecule has 2 aliphatic rings. The first kappa shape index (κ1) is 19.3. The van der Waals surface area contributed by atoms with Gasteiger partial charge in [-0.15, -0.1) is 0 Å². The van der Waals surface area contributed by atoms with Gasteiger partial charge >= 0.3 is 0 Å². The van der Waals surface area contributed by atoms with Crippen LogP contribution in [0.1, 0.15) is 27.4 Å². The van der Waals surface area contributed by atoms with Gasteiger partial charge in [-0.3, -0.25) is 9.48 Å². The number of para-hydroxylation sites is 1. The van der Waals surface area contributed by atoms with Crippen molar-refractivity contribution in [1.29, 1.82) is 0 Å². The van der Waals surface area contributed by atoms with Crippen LogP contribution < -0.4 is 10.1 Å². The van der Waals surface area contributed by atoms with Gasteiger partial charge in [-0.05, 0) is 49.1 Å². The maximum Gasteiger partial charge on any atom is 0.268 e. The topological polar surface area (TPSA) is 64.3 Å². The van der Waals surface area contributed by atoms with Crippen molar-refractivity contribution in [2.75, 3.05) is 13.2 Å². The minimum Gasteiger partial charge on any atom is -0.491 e. The lowest BCUT2D eigenvalue weighted by molar-refractivity contribution is 0.0907. The van der Waals surface area contributed by atoms with Crippen LogP contribution >= 0.6 is 11.9 Å². The van der Waals surface area contributed by atoms with E-state index in [-0.39, 0.29) is 11.9 Å². The van der Waals surface area contributed by atoms with Gasteiger partial charge in [0.15, 0.2) is 0 Å². The quantitative estimate of drug-likeness (QED) is 0.654. The highest BCUT2D eigenvalue weighted by molar-refractivity contribution is 7.97. The normalized spacial score (nSPS) is 18.4. The molecule has 0 bridgehead atoms. The van der Waals surface area contributed by atoms with Gasteiger partial charge in [0.1, 0.15) is 18.1 Å². The van der Waals surface area contributed by atoms with Crippen LogP contribution in [-0.2, 0) is 26.6 Å². The van der Waals surface area contributed by atoms with Crippen molar-refractivity contribution in [3.8, 4) is 5.75 Å². The van der Waals surface area contributed by atoms with Crippen molar-refractivity contribution < 1.29 is 9.53 Å². The molecule has 156 valence electrons. The Bertz CT molecular complexity index is 1090. The van der Waals surface area contributed by atoms with E-state index in [1.54, 1.807) is 11.9 Å². The first-order chi connectivity index (χ1) is 14.6. The summed E-state index contributed by atoms with van der Waals surface area (Å²) in [5, 5.41) is 7.49. The summed E-state index contributed by atoms with van der Waals surface area (Å²) in [4.78, 5) is 14.1. The summed E-state index contributed by atoms with van der Waals surface area (Å²) >= 11 is 1.71. The second-order valence-electron chi connectivity index (χ2n) is 7.83. The Hall–Kier alpha value is -2.71. The molecule has 0 spiro atoms. The number of benzene rings is 1. The number of fused-ring (bicyclic) bond motifs is 2. The first-order valence-corrected chi connectivity index (χ1v) is 11.0. The summed E-state index contributed by atoms with van der Waals surface area (Å²) < 4.78 is 12.2. The zero-order chi connectivity index (χ0) is 20.7. The number of nitrogens with zero attached hydrogens (tertiary/aromatic N) is 4. The van der Waals surface area contributed by atoms with Crippen molar-refractivity contribution in [2.45, 2.75) is 37.4 Å². The van der Waals surface area contributed by atoms with Gasteiger partial charge < -0.3 is 14.6 Å². The fraction of sp³-hybridized carbons (Fsp3) is 0.364. The molecule has 0 saturated carbocycles. The number of ether oxygens (including phenoxy) is 1. The molecule has 0 radical (unpaired) electrons. The second-order valence-corrected chi connectivity index (χ2v) is 8.97. The number of aromatic nitrogens is 3. The summed E-state index contributed by atoms with van der Waals surface area (Å²) in [6.07, 6.45) is 2.64. The molecule has 1 atom stereocenters. The molecule has 1 N–H and O–H groups in total. The van der Waals surface area contributed by atoms with Gasteiger partial charge in [0.05, 0.1) is 24.8 Å². The summed E-state index contributed by atoms with van der Waals surface area (Å²) in [5.74, 6) is 0.858. The molecule has 5 rings (SSSR count). The average Bonchev–Trinajstić information content (AvgIpc) is 3.33. The highest BCUT2D eigenvalue weighted by atomic mass is 32.2. The van der Waals surface area contributed by atoms with E-state index in [2.05, 4.69) is 38.5 Å². The molecular weight excluding hydrogens is 398 g/mol. The molecule has 1 aromatic carbocycles. The number of rotatable bonds is 4. The van der Waals surface area contributed by atoms with Gasteiger partial charge in [-0.2, -0.15) is 5.10 Å². The third-order valence-electron chi connectivity index (χ3n) is 5.87. The SMILES string of the molecule is Cc1c(SN2CCn3nccc3C2)cc(C(=O)NC2COc3ccccc3C2)n1C. The van der Waals surface area contributed by atoms with Gasteiger partial charge in [-0.25, -0.2) is 4.31 Å². The molecular formula is C22H25N5O2S. The van der Waals surface area contributed by atoms with E-state index in [9.17, 15) is 4.79 Å². The lowest BCUT2D eigenvalue weighted by Crippen LogP contribution is -2.43. The van der Waals surface area contributed by atoms with Crippen LogP contribution in [0.3, 0.4) is 0 Å². The lowest BCUT2D eigenvalue weighted by atomic mass is 10.0. The largest absolute Gasteiger partial charge is 0.491 e. The van der Waals surface area contributed by atoms with E-state index in [1.807, 2.05) is 42.1 Å². The Balaban J connectivity index is 1.27. The van der Waals surface area contributed by atoms with Gasteiger partial charge in [0.25, 0.3) is 5.91 Å². The molecule has 7 nitrogen and oxygen atoms in total. The molecule has 3 aromatic rings. The Labute approximate surface area is 180 Å².